The van der Waals surface area contributed by atoms with Crippen LogP contribution >= 0.6 is 0 Å². The Balaban J connectivity index is 1.97. The summed E-state index contributed by atoms with van der Waals surface area (Å²) >= 11 is 0. The summed E-state index contributed by atoms with van der Waals surface area (Å²) in [6.45, 7) is 6.50. The molecule has 136 valence electrons. The number of hydrogen-bond acceptors (Lipinski definition) is 4. The Hall–Kier alpha value is -2.44. The van der Waals surface area contributed by atoms with Crippen molar-refractivity contribution in [2.45, 2.75) is 52.6 Å². The molecule has 0 bridgehead atoms. The van der Waals surface area contributed by atoms with Crippen molar-refractivity contribution >= 4 is 22.9 Å². The Morgan fingerprint density at radius 2 is 2.08 bits per heavy atom. The normalized spacial score (nSPS) is 12.5. The quantitative estimate of drug-likeness (QED) is 0.793. The first-order valence-electron chi connectivity index (χ1n) is 8.56. The second-order valence-electron chi connectivity index (χ2n) is 6.77. The predicted molar refractivity (Wildman–Crippen MR) is 95.1 cm³/mol. The average molecular weight is 346 g/mol. The number of aliphatic carboxylic acids is 1. The van der Waals surface area contributed by atoms with Gasteiger partial charge < -0.3 is 14.6 Å². The Labute approximate surface area is 147 Å². The molecule has 0 aromatic carbocycles. The van der Waals surface area contributed by atoms with Crippen molar-refractivity contribution in [2.75, 3.05) is 7.05 Å². The molecule has 7 nitrogen and oxygen atoms in total. The summed E-state index contributed by atoms with van der Waals surface area (Å²) in [4.78, 5) is 33.7. The molecule has 0 aliphatic carbocycles. The monoisotopic (exact) mass is 346 g/mol. The van der Waals surface area contributed by atoms with Crippen molar-refractivity contribution in [3.63, 3.8) is 0 Å². The van der Waals surface area contributed by atoms with Gasteiger partial charge in [-0.1, -0.05) is 13.8 Å². The molecule has 1 amide bonds. The van der Waals surface area contributed by atoms with Gasteiger partial charge in [-0.3, -0.25) is 9.78 Å². The van der Waals surface area contributed by atoms with E-state index in [-0.39, 0.29) is 11.8 Å². The fourth-order valence-electron chi connectivity index (χ4n) is 2.99. The molecule has 1 atom stereocenters. The summed E-state index contributed by atoms with van der Waals surface area (Å²) in [5.74, 6) is 0.00207. The zero-order valence-electron chi connectivity index (χ0n) is 15.3. The van der Waals surface area contributed by atoms with E-state index in [2.05, 4.69) is 14.5 Å². The number of likely N-dealkylation sites (N-methyl/N-ethyl adjacent to an activating group) is 1. The summed E-state index contributed by atoms with van der Waals surface area (Å²) in [6, 6.07) is 1.14. The second-order valence-corrected chi connectivity index (χ2v) is 6.77. The number of amides is 1. The van der Waals surface area contributed by atoms with Crippen molar-refractivity contribution in [1.82, 2.24) is 19.4 Å². The minimum absolute atomic E-state index is 0.142. The van der Waals surface area contributed by atoms with Crippen LogP contribution in [-0.4, -0.2) is 49.5 Å². The van der Waals surface area contributed by atoms with Crippen molar-refractivity contribution in [3.05, 3.63) is 24.3 Å². The predicted octanol–water partition coefficient (Wildman–Crippen LogP) is 2.48. The number of carbonyl (C=O) groups excluding carboxylic acids is 1. The van der Waals surface area contributed by atoms with Gasteiger partial charge in [0.1, 0.15) is 17.4 Å². The van der Waals surface area contributed by atoms with E-state index in [1.54, 1.807) is 19.4 Å². The van der Waals surface area contributed by atoms with Crippen LogP contribution in [0.25, 0.3) is 11.0 Å². The molecule has 0 spiro atoms. The van der Waals surface area contributed by atoms with Crippen LogP contribution < -0.4 is 0 Å². The van der Waals surface area contributed by atoms with Crippen molar-refractivity contribution in [2.24, 2.45) is 5.92 Å². The largest absolute Gasteiger partial charge is 0.480 e. The first kappa shape index (κ1) is 18.9. The topological polar surface area (TPSA) is 88.3 Å². The highest BCUT2D eigenvalue weighted by Crippen LogP contribution is 2.16. The molecule has 7 heteroatoms. The molecule has 0 saturated carbocycles. The molecule has 0 fully saturated rings. The molecule has 2 rings (SSSR count). The van der Waals surface area contributed by atoms with Crippen LogP contribution in [0.3, 0.4) is 0 Å². The van der Waals surface area contributed by atoms with Gasteiger partial charge in [0.25, 0.3) is 0 Å². The maximum atomic E-state index is 12.4. The summed E-state index contributed by atoms with van der Waals surface area (Å²) in [7, 11) is 1.58. The van der Waals surface area contributed by atoms with E-state index in [9.17, 15) is 14.7 Å². The first-order valence-corrected chi connectivity index (χ1v) is 8.56. The molecule has 0 unspecified atom stereocenters. The number of carbonyl (C=O) groups is 2. The van der Waals surface area contributed by atoms with E-state index in [0.717, 1.165) is 16.9 Å². The third kappa shape index (κ3) is 4.55. The zero-order chi connectivity index (χ0) is 18.6. The van der Waals surface area contributed by atoms with Crippen LogP contribution in [0.15, 0.2) is 18.5 Å². The van der Waals surface area contributed by atoms with Crippen LogP contribution in [-0.2, 0) is 16.1 Å². The Bertz CT molecular complexity index is 754. The highest BCUT2D eigenvalue weighted by Gasteiger charge is 2.26. The SMILES string of the molecule is Cc1nc2cnccc2n1CCCC(=O)N(C)[C@@H](CC(C)C)C(=O)O. The number of carboxylic acids is 1. The standard InChI is InChI=1S/C18H26N4O3/c1-12(2)10-16(18(24)25)21(4)17(23)6-5-9-22-13(3)20-14-11-19-8-7-15(14)22/h7-8,11-12,16H,5-6,9-10H2,1-4H3,(H,24,25)/t16-/m0/s1. The summed E-state index contributed by atoms with van der Waals surface area (Å²) in [5, 5.41) is 9.36. The van der Waals surface area contributed by atoms with Gasteiger partial charge in [0.05, 0.1) is 11.7 Å². The number of fused-ring (bicyclic) bond motifs is 1. The van der Waals surface area contributed by atoms with Crippen molar-refractivity contribution in [3.8, 4) is 0 Å². The second kappa shape index (κ2) is 8.09. The number of pyridine rings is 1. The number of aromatic nitrogens is 3. The van der Waals surface area contributed by atoms with Gasteiger partial charge in [-0.05, 0) is 31.7 Å². The lowest BCUT2D eigenvalue weighted by molar-refractivity contribution is -0.149. The number of hydrogen-bond donors (Lipinski definition) is 1. The number of rotatable bonds is 8. The molecular weight excluding hydrogens is 320 g/mol. The molecule has 0 aliphatic heterocycles. The van der Waals surface area contributed by atoms with E-state index in [0.29, 0.717) is 25.8 Å². The lowest BCUT2D eigenvalue weighted by Gasteiger charge is -2.26. The molecular formula is C18H26N4O3. The zero-order valence-corrected chi connectivity index (χ0v) is 15.3. The number of carboxylic acid groups (broad SMARTS) is 1. The van der Waals surface area contributed by atoms with Gasteiger partial charge in [0.2, 0.25) is 5.91 Å². The number of imidazole rings is 1. The highest BCUT2D eigenvalue weighted by molar-refractivity contribution is 5.83. The third-order valence-electron chi connectivity index (χ3n) is 4.35. The van der Waals surface area contributed by atoms with Crippen LogP contribution in [0.2, 0.25) is 0 Å². The highest BCUT2D eigenvalue weighted by atomic mass is 16.4. The molecule has 0 saturated heterocycles. The molecule has 2 aromatic heterocycles. The van der Waals surface area contributed by atoms with Gasteiger partial charge in [0.15, 0.2) is 0 Å². The van der Waals surface area contributed by atoms with Crippen LogP contribution in [0, 0.1) is 12.8 Å². The van der Waals surface area contributed by atoms with E-state index < -0.39 is 12.0 Å². The van der Waals surface area contributed by atoms with Gasteiger partial charge in [-0.15, -0.1) is 0 Å². The minimum Gasteiger partial charge on any atom is -0.480 e. The molecule has 2 aromatic rings. The summed E-state index contributed by atoms with van der Waals surface area (Å²) < 4.78 is 2.06. The summed E-state index contributed by atoms with van der Waals surface area (Å²) in [5.41, 5.74) is 1.84. The smallest absolute Gasteiger partial charge is 0.326 e. The van der Waals surface area contributed by atoms with Gasteiger partial charge >= 0.3 is 5.97 Å². The van der Waals surface area contributed by atoms with E-state index in [1.165, 1.54) is 4.90 Å². The lowest BCUT2D eigenvalue weighted by atomic mass is 10.0. The summed E-state index contributed by atoms with van der Waals surface area (Å²) in [6.07, 6.45) is 4.84. The molecule has 1 N–H and O–H groups in total. The van der Waals surface area contributed by atoms with E-state index in [1.807, 2.05) is 26.8 Å². The third-order valence-corrected chi connectivity index (χ3v) is 4.35. The van der Waals surface area contributed by atoms with Crippen LogP contribution in [0.5, 0.6) is 0 Å². The maximum Gasteiger partial charge on any atom is 0.326 e. The number of nitrogens with zero attached hydrogens (tertiary/aromatic N) is 4. The lowest BCUT2D eigenvalue weighted by Crippen LogP contribution is -2.43. The van der Waals surface area contributed by atoms with Crippen molar-refractivity contribution < 1.29 is 14.7 Å². The van der Waals surface area contributed by atoms with Crippen LogP contribution in [0.1, 0.15) is 38.9 Å². The Morgan fingerprint density at radius 3 is 2.72 bits per heavy atom. The maximum absolute atomic E-state index is 12.4. The Kier molecular flexibility index (Phi) is 6.12. The fraction of sp³-hybridized carbons (Fsp3) is 0.556. The van der Waals surface area contributed by atoms with Gasteiger partial charge in [-0.25, -0.2) is 9.78 Å². The average Bonchev–Trinajstić information content (AvgIpc) is 2.87. The first-order chi connectivity index (χ1) is 11.8. The van der Waals surface area contributed by atoms with Gasteiger partial charge in [0, 0.05) is 26.2 Å². The fourth-order valence-corrected chi connectivity index (χ4v) is 2.99. The van der Waals surface area contributed by atoms with E-state index >= 15 is 0 Å². The molecule has 25 heavy (non-hydrogen) atoms. The molecule has 0 aliphatic rings. The Morgan fingerprint density at radius 1 is 1.36 bits per heavy atom. The molecule has 2 heterocycles. The van der Waals surface area contributed by atoms with E-state index in [4.69, 9.17) is 0 Å². The van der Waals surface area contributed by atoms with Crippen molar-refractivity contribution in [1.29, 1.82) is 0 Å². The molecule has 0 radical (unpaired) electrons. The van der Waals surface area contributed by atoms with Gasteiger partial charge in [-0.2, -0.15) is 0 Å². The minimum atomic E-state index is -0.950. The number of aryl methyl sites for hydroxylation is 2. The van der Waals surface area contributed by atoms with Crippen LogP contribution in [0.4, 0.5) is 0 Å².